The number of piperazine rings is 1. The molecule has 7 heteroatoms. The normalized spacial score (nSPS) is 20.0. The number of rotatable bonds is 7. The Morgan fingerprint density at radius 2 is 2.12 bits per heavy atom. The summed E-state index contributed by atoms with van der Waals surface area (Å²) in [4.78, 5) is 36.4. The highest BCUT2D eigenvalue weighted by Gasteiger charge is 2.47. The minimum atomic E-state index is -0.348. The number of aromatic nitrogens is 2. The fourth-order valence-electron chi connectivity index (χ4n) is 4.85. The Hall–Kier alpha value is -3.06. The summed E-state index contributed by atoms with van der Waals surface area (Å²) in [7, 11) is 0. The van der Waals surface area contributed by atoms with Gasteiger partial charge in [-0.2, -0.15) is 0 Å². The molecule has 1 aliphatic heterocycles. The summed E-state index contributed by atoms with van der Waals surface area (Å²) < 4.78 is 0. The van der Waals surface area contributed by atoms with Crippen molar-refractivity contribution in [2.45, 2.75) is 64.0 Å². The Labute approximate surface area is 195 Å². The molecule has 2 N–H and O–H groups in total. The molecule has 1 aliphatic carbocycles. The fraction of sp³-hybridized carbons (Fsp3) is 0.462. The van der Waals surface area contributed by atoms with Crippen molar-refractivity contribution >= 4 is 23.7 Å². The molecule has 2 aliphatic rings. The average molecular weight is 448 g/mol. The lowest BCUT2D eigenvalue weighted by Crippen LogP contribution is -2.66. The zero-order valence-corrected chi connectivity index (χ0v) is 19.5. The van der Waals surface area contributed by atoms with Gasteiger partial charge in [-0.25, -0.2) is 4.98 Å². The SMILES string of the molecule is CCc1ncc(/C=C/CN2C(=O)C3(CCCC3)NCC2C)cc1CC(=O)Nc1ccccn1. The predicted octanol–water partition coefficient (Wildman–Crippen LogP) is 3.37. The largest absolute Gasteiger partial charge is 0.333 e. The van der Waals surface area contributed by atoms with Crippen molar-refractivity contribution in [2.24, 2.45) is 0 Å². The first-order valence-electron chi connectivity index (χ1n) is 11.9. The van der Waals surface area contributed by atoms with Crippen LogP contribution >= 0.6 is 0 Å². The number of pyridine rings is 2. The summed E-state index contributed by atoms with van der Waals surface area (Å²) in [6.45, 7) is 5.54. The third kappa shape index (κ3) is 5.30. The molecule has 0 radical (unpaired) electrons. The van der Waals surface area contributed by atoms with Gasteiger partial charge in [-0.3, -0.25) is 14.6 Å². The van der Waals surface area contributed by atoms with Gasteiger partial charge in [0.1, 0.15) is 5.82 Å². The van der Waals surface area contributed by atoms with Crippen LogP contribution in [0.4, 0.5) is 5.82 Å². The van der Waals surface area contributed by atoms with Crippen molar-refractivity contribution < 1.29 is 9.59 Å². The third-order valence-corrected chi connectivity index (χ3v) is 6.71. The molecule has 4 rings (SSSR count). The lowest BCUT2D eigenvalue weighted by atomic mass is 9.91. The second-order valence-electron chi connectivity index (χ2n) is 9.05. The van der Waals surface area contributed by atoms with Gasteiger partial charge in [0.25, 0.3) is 0 Å². The number of aryl methyl sites for hydroxylation is 1. The van der Waals surface area contributed by atoms with Crippen molar-refractivity contribution in [3.8, 4) is 0 Å². The summed E-state index contributed by atoms with van der Waals surface area (Å²) in [6.07, 6.45) is 12.6. The summed E-state index contributed by atoms with van der Waals surface area (Å²) in [5.74, 6) is 0.655. The van der Waals surface area contributed by atoms with Crippen LogP contribution in [0.15, 0.2) is 42.7 Å². The van der Waals surface area contributed by atoms with Crippen LogP contribution in [0, 0.1) is 0 Å². The maximum absolute atomic E-state index is 13.2. The molecule has 2 fully saturated rings. The number of carbonyl (C=O) groups excluding carboxylic acids is 2. The Balaban J connectivity index is 1.42. The van der Waals surface area contributed by atoms with Crippen LogP contribution in [0.3, 0.4) is 0 Å². The molecule has 0 aromatic carbocycles. The predicted molar refractivity (Wildman–Crippen MR) is 130 cm³/mol. The molecule has 1 saturated heterocycles. The van der Waals surface area contributed by atoms with E-state index >= 15 is 0 Å². The average Bonchev–Trinajstić information content (AvgIpc) is 3.30. The van der Waals surface area contributed by atoms with Gasteiger partial charge in [0.15, 0.2) is 0 Å². The summed E-state index contributed by atoms with van der Waals surface area (Å²) >= 11 is 0. The first kappa shape index (κ1) is 23.1. The molecule has 1 atom stereocenters. The fourth-order valence-corrected chi connectivity index (χ4v) is 4.85. The second-order valence-corrected chi connectivity index (χ2v) is 9.05. The molecule has 2 amide bonds. The highest BCUT2D eigenvalue weighted by molar-refractivity contribution is 5.91. The highest BCUT2D eigenvalue weighted by Crippen LogP contribution is 2.34. The van der Waals surface area contributed by atoms with E-state index in [-0.39, 0.29) is 29.8 Å². The maximum atomic E-state index is 13.2. The van der Waals surface area contributed by atoms with E-state index in [2.05, 4.69) is 27.5 Å². The Bertz CT molecular complexity index is 1010. The number of nitrogens with zero attached hydrogens (tertiary/aromatic N) is 3. The number of hydrogen-bond acceptors (Lipinski definition) is 5. The molecule has 1 saturated carbocycles. The van der Waals surface area contributed by atoms with Crippen LogP contribution in [0.1, 0.15) is 56.4 Å². The Morgan fingerprint density at radius 1 is 1.30 bits per heavy atom. The molecule has 2 aromatic heterocycles. The number of carbonyl (C=O) groups is 2. The van der Waals surface area contributed by atoms with E-state index in [1.54, 1.807) is 12.3 Å². The van der Waals surface area contributed by atoms with Crippen LogP contribution in [0.2, 0.25) is 0 Å². The molecule has 7 nitrogen and oxygen atoms in total. The molecular weight excluding hydrogens is 414 g/mol. The van der Waals surface area contributed by atoms with Gasteiger partial charge in [-0.1, -0.05) is 38.0 Å². The molecule has 0 bridgehead atoms. The monoisotopic (exact) mass is 447 g/mol. The number of hydrogen-bond donors (Lipinski definition) is 2. The molecule has 3 heterocycles. The quantitative estimate of drug-likeness (QED) is 0.680. The first-order valence-corrected chi connectivity index (χ1v) is 11.9. The zero-order valence-electron chi connectivity index (χ0n) is 19.5. The summed E-state index contributed by atoms with van der Waals surface area (Å²) in [6, 6.07) is 7.60. The number of amides is 2. The second kappa shape index (κ2) is 10.3. The van der Waals surface area contributed by atoms with Crippen molar-refractivity contribution in [2.75, 3.05) is 18.4 Å². The van der Waals surface area contributed by atoms with Gasteiger partial charge in [0, 0.05) is 37.2 Å². The van der Waals surface area contributed by atoms with Crippen LogP contribution < -0.4 is 10.6 Å². The van der Waals surface area contributed by atoms with E-state index in [4.69, 9.17) is 0 Å². The van der Waals surface area contributed by atoms with Gasteiger partial charge >= 0.3 is 0 Å². The molecule has 174 valence electrons. The van der Waals surface area contributed by atoms with Gasteiger partial charge < -0.3 is 15.5 Å². The highest BCUT2D eigenvalue weighted by atomic mass is 16.2. The number of anilines is 1. The molecule has 2 aromatic rings. The van der Waals surface area contributed by atoms with Gasteiger partial charge in [-0.05, 0) is 55.5 Å². The lowest BCUT2D eigenvalue weighted by Gasteiger charge is -2.44. The third-order valence-electron chi connectivity index (χ3n) is 6.71. The van der Waals surface area contributed by atoms with E-state index < -0.39 is 0 Å². The maximum Gasteiger partial charge on any atom is 0.243 e. The minimum Gasteiger partial charge on any atom is -0.333 e. The van der Waals surface area contributed by atoms with E-state index in [1.165, 1.54) is 0 Å². The zero-order chi connectivity index (χ0) is 23.3. The molecule has 33 heavy (non-hydrogen) atoms. The van der Waals surface area contributed by atoms with Crippen LogP contribution in [0.5, 0.6) is 0 Å². The van der Waals surface area contributed by atoms with Gasteiger partial charge in [0.2, 0.25) is 11.8 Å². The summed E-state index contributed by atoms with van der Waals surface area (Å²) in [5.41, 5.74) is 2.40. The topological polar surface area (TPSA) is 87.2 Å². The molecular formula is C26H33N5O2. The van der Waals surface area contributed by atoms with Gasteiger partial charge in [0.05, 0.1) is 12.0 Å². The Kier molecular flexibility index (Phi) is 7.18. The number of nitrogens with one attached hydrogen (secondary N) is 2. The van der Waals surface area contributed by atoms with Crippen molar-refractivity contribution in [1.82, 2.24) is 20.2 Å². The van der Waals surface area contributed by atoms with Crippen molar-refractivity contribution in [3.63, 3.8) is 0 Å². The lowest BCUT2D eigenvalue weighted by molar-refractivity contribution is -0.143. The van der Waals surface area contributed by atoms with Crippen LogP contribution in [0.25, 0.3) is 6.08 Å². The first-order chi connectivity index (χ1) is 16.0. The van der Waals surface area contributed by atoms with E-state index in [0.717, 1.165) is 55.5 Å². The molecule has 1 unspecified atom stereocenters. The standard InChI is InChI=1S/C26H33N5O2/c1-3-22-21(16-24(32)30-23-10-4-7-13-27-23)15-20(18-28-22)9-8-14-31-19(2)17-29-26(25(31)33)11-5-6-12-26/h4,7-10,13,15,18-19,29H,3,5-6,11-12,14,16-17H2,1-2H3,(H,27,30,32)/b9-8+. The molecule has 1 spiro atoms. The smallest absolute Gasteiger partial charge is 0.243 e. The van der Waals surface area contributed by atoms with Gasteiger partial charge in [-0.15, -0.1) is 0 Å². The van der Waals surface area contributed by atoms with Crippen molar-refractivity contribution in [1.29, 1.82) is 0 Å². The summed E-state index contributed by atoms with van der Waals surface area (Å²) in [5, 5.41) is 6.36. The van der Waals surface area contributed by atoms with Crippen LogP contribution in [-0.2, 0) is 22.4 Å². The van der Waals surface area contributed by atoms with E-state index in [1.807, 2.05) is 48.4 Å². The van der Waals surface area contributed by atoms with Crippen molar-refractivity contribution in [3.05, 3.63) is 59.6 Å². The van der Waals surface area contributed by atoms with E-state index in [9.17, 15) is 9.59 Å². The minimum absolute atomic E-state index is 0.117. The van der Waals surface area contributed by atoms with Crippen LogP contribution in [-0.4, -0.2) is 51.4 Å². The van der Waals surface area contributed by atoms with E-state index in [0.29, 0.717) is 12.4 Å². The Morgan fingerprint density at radius 3 is 2.85 bits per heavy atom.